The molecule has 6 heteroatoms. The number of benzene rings is 1. The molecule has 0 spiro atoms. The highest BCUT2D eigenvalue weighted by atomic mass is 19.3. The van der Waals surface area contributed by atoms with E-state index in [0.717, 1.165) is 5.56 Å². The first-order valence-electron chi connectivity index (χ1n) is 6.95. The molecule has 1 aliphatic carbocycles. The van der Waals surface area contributed by atoms with Gasteiger partial charge in [0.2, 0.25) is 0 Å². The summed E-state index contributed by atoms with van der Waals surface area (Å²) in [4.78, 5) is 11.7. The average Bonchev–Trinajstić information content (AvgIpc) is 2.44. The largest absolute Gasteiger partial charge is 0.394 e. The fourth-order valence-corrected chi connectivity index (χ4v) is 2.37. The van der Waals surface area contributed by atoms with Crippen LogP contribution in [0.5, 0.6) is 0 Å². The molecule has 4 nitrogen and oxygen atoms in total. The number of hydrogen-bond acceptors (Lipinski definition) is 3. The fourth-order valence-electron chi connectivity index (χ4n) is 2.37. The molecule has 1 unspecified atom stereocenters. The Balaban J connectivity index is 1.99. The summed E-state index contributed by atoms with van der Waals surface area (Å²) in [5, 5.41) is 21.1. The maximum Gasteiger partial charge on any atom is 0.352 e. The van der Waals surface area contributed by atoms with Gasteiger partial charge in [0.05, 0.1) is 12.6 Å². The summed E-state index contributed by atoms with van der Waals surface area (Å²) in [7, 11) is 0. The van der Waals surface area contributed by atoms with Crippen LogP contribution in [0.2, 0.25) is 0 Å². The standard InChI is InChI=1S/C15H19F2NO3/c16-15(17,14(21)7-4-8-14)13(20)18-12(10-19)9-11-5-2-1-3-6-11/h1-3,5-6,12,19,21H,4,7-10H2,(H,18,20). The number of nitrogens with one attached hydrogen (secondary N) is 1. The number of hydrogen-bond donors (Lipinski definition) is 3. The molecule has 0 radical (unpaired) electrons. The van der Waals surface area contributed by atoms with Gasteiger partial charge in [0.1, 0.15) is 5.60 Å². The van der Waals surface area contributed by atoms with Crippen molar-refractivity contribution in [2.75, 3.05) is 6.61 Å². The Bertz CT molecular complexity index is 489. The maximum atomic E-state index is 13.9. The molecule has 3 N–H and O–H groups in total. The third-order valence-corrected chi connectivity index (χ3v) is 3.93. The second-order valence-electron chi connectivity index (χ2n) is 5.50. The molecule has 0 heterocycles. The lowest BCUT2D eigenvalue weighted by Gasteiger charge is -2.41. The van der Waals surface area contributed by atoms with E-state index >= 15 is 0 Å². The van der Waals surface area contributed by atoms with Crippen molar-refractivity contribution in [1.29, 1.82) is 0 Å². The zero-order chi connectivity index (χ0) is 15.5. The zero-order valence-electron chi connectivity index (χ0n) is 11.6. The quantitative estimate of drug-likeness (QED) is 0.740. The molecule has 1 fully saturated rings. The minimum Gasteiger partial charge on any atom is -0.394 e. The lowest BCUT2D eigenvalue weighted by molar-refractivity contribution is -0.216. The van der Waals surface area contributed by atoms with Crippen LogP contribution in [0, 0.1) is 0 Å². The molecule has 0 bridgehead atoms. The Morgan fingerprint density at radius 3 is 2.43 bits per heavy atom. The number of carbonyl (C=O) groups excluding carboxylic acids is 1. The normalized spacial score (nSPS) is 18.7. The van der Waals surface area contributed by atoms with Gasteiger partial charge in [-0.1, -0.05) is 30.3 Å². The predicted molar refractivity (Wildman–Crippen MR) is 72.9 cm³/mol. The van der Waals surface area contributed by atoms with E-state index in [1.807, 2.05) is 6.07 Å². The van der Waals surface area contributed by atoms with Crippen LogP contribution in [0.15, 0.2) is 30.3 Å². The Morgan fingerprint density at radius 1 is 1.33 bits per heavy atom. The minimum absolute atomic E-state index is 0.0874. The average molecular weight is 299 g/mol. The number of aliphatic hydroxyl groups excluding tert-OH is 1. The molecular weight excluding hydrogens is 280 g/mol. The maximum absolute atomic E-state index is 13.9. The van der Waals surface area contributed by atoms with Crippen LogP contribution in [0.1, 0.15) is 24.8 Å². The summed E-state index contributed by atoms with van der Waals surface area (Å²) >= 11 is 0. The molecule has 116 valence electrons. The van der Waals surface area contributed by atoms with Gasteiger partial charge in [-0.15, -0.1) is 0 Å². The SMILES string of the molecule is O=C(NC(CO)Cc1ccccc1)C(F)(F)C1(O)CCC1. The molecule has 0 saturated heterocycles. The number of amides is 1. The van der Waals surface area contributed by atoms with Crippen molar-refractivity contribution >= 4 is 5.91 Å². The number of aliphatic hydroxyl groups is 2. The monoisotopic (exact) mass is 299 g/mol. The van der Waals surface area contributed by atoms with Gasteiger partial charge in [-0.25, -0.2) is 0 Å². The van der Waals surface area contributed by atoms with Crippen LogP contribution in [-0.2, 0) is 11.2 Å². The lowest BCUT2D eigenvalue weighted by atomic mass is 9.75. The molecule has 1 amide bonds. The van der Waals surface area contributed by atoms with Crippen LogP contribution in [0.4, 0.5) is 8.78 Å². The van der Waals surface area contributed by atoms with E-state index in [-0.39, 0.29) is 19.3 Å². The van der Waals surface area contributed by atoms with Gasteiger partial charge in [-0.2, -0.15) is 8.78 Å². The van der Waals surface area contributed by atoms with Crippen LogP contribution in [-0.4, -0.2) is 40.3 Å². The third-order valence-electron chi connectivity index (χ3n) is 3.93. The van der Waals surface area contributed by atoms with Crippen molar-refractivity contribution in [2.24, 2.45) is 0 Å². The first kappa shape index (κ1) is 15.9. The van der Waals surface area contributed by atoms with E-state index in [0.29, 0.717) is 6.42 Å². The van der Waals surface area contributed by atoms with Crippen LogP contribution < -0.4 is 5.32 Å². The molecule has 1 atom stereocenters. The summed E-state index contributed by atoms with van der Waals surface area (Å²) in [5.41, 5.74) is -1.42. The van der Waals surface area contributed by atoms with Crippen molar-refractivity contribution in [3.8, 4) is 0 Å². The molecule has 21 heavy (non-hydrogen) atoms. The minimum atomic E-state index is -3.84. The molecular formula is C15H19F2NO3. The van der Waals surface area contributed by atoms with Gasteiger partial charge in [0, 0.05) is 0 Å². The second kappa shape index (κ2) is 6.07. The van der Waals surface area contributed by atoms with E-state index < -0.39 is 30.1 Å². The van der Waals surface area contributed by atoms with E-state index in [9.17, 15) is 23.8 Å². The summed E-state index contributed by atoms with van der Waals surface area (Å²) in [5.74, 6) is -5.37. The van der Waals surface area contributed by atoms with Crippen molar-refractivity contribution in [2.45, 2.75) is 43.2 Å². The molecule has 0 aliphatic heterocycles. The molecule has 0 aromatic heterocycles. The highest BCUT2D eigenvalue weighted by molar-refractivity contribution is 5.85. The molecule has 1 aromatic rings. The van der Waals surface area contributed by atoms with E-state index in [1.165, 1.54) is 0 Å². The Kier molecular flexibility index (Phi) is 4.58. The van der Waals surface area contributed by atoms with Crippen molar-refractivity contribution in [3.05, 3.63) is 35.9 Å². The summed E-state index contributed by atoms with van der Waals surface area (Å²) in [6, 6.07) is 8.15. The number of carbonyl (C=O) groups is 1. The highest BCUT2D eigenvalue weighted by Gasteiger charge is 2.61. The van der Waals surface area contributed by atoms with Crippen molar-refractivity contribution < 1.29 is 23.8 Å². The molecule has 1 aromatic carbocycles. The van der Waals surface area contributed by atoms with Gasteiger partial charge in [0.25, 0.3) is 5.91 Å². The van der Waals surface area contributed by atoms with Crippen LogP contribution in [0.3, 0.4) is 0 Å². The summed E-state index contributed by atoms with van der Waals surface area (Å²) in [6.45, 7) is -0.449. The Labute approximate surface area is 121 Å². The first-order valence-corrected chi connectivity index (χ1v) is 6.95. The fraction of sp³-hybridized carbons (Fsp3) is 0.533. The van der Waals surface area contributed by atoms with E-state index in [4.69, 9.17) is 0 Å². The predicted octanol–water partition coefficient (Wildman–Crippen LogP) is 1.26. The topological polar surface area (TPSA) is 69.6 Å². The number of alkyl halides is 2. The van der Waals surface area contributed by atoms with Gasteiger partial charge in [-0.05, 0) is 31.2 Å². The second-order valence-corrected chi connectivity index (χ2v) is 5.50. The Morgan fingerprint density at radius 2 is 1.95 bits per heavy atom. The number of halogens is 2. The zero-order valence-corrected chi connectivity index (χ0v) is 11.6. The molecule has 1 aliphatic rings. The van der Waals surface area contributed by atoms with Gasteiger partial charge in [-0.3, -0.25) is 4.79 Å². The van der Waals surface area contributed by atoms with Gasteiger partial charge >= 0.3 is 5.92 Å². The number of rotatable bonds is 6. The lowest BCUT2D eigenvalue weighted by Crippen LogP contribution is -2.62. The molecule has 1 saturated carbocycles. The van der Waals surface area contributed by atoms with E-state index in [2.05, 4.69) is 5.32 Å². The Hall–Kier alpha value is -1.53. The first-order chi connectivity index (χ1) is 9.89. The van der Waals surface area contributed by atoms with Gasteiger partial charge in [0.15, 0.2) is 0 Å². The van der Waals surface area contributed by atoms with Crippen LogP contribution in [0.25, 0.3) is 0 Å². The van der Waals surface area contributed by atoms with Crippen molar-refractivity contribution in [3.63, 3.8) is 0 Å². The van der Waals surface area contributed by atoms with Gasteiger partial charge < -0.3 is 15.5 Å². The van der Waals surface area contributed by atoms with Crippen LogP contribution >= 0.6 is 0 Å². The summed E-state index contributed by atoms with van der Waals surface area (Å²) < 4.78 is 27.9. The smallest absolute Gasteiger partial charge is 0.352 e. The van der Waals surface area contributed by atoms with E-state index in [1.54, 1.807) is 24.3 Å². The third kappa shape index (κ3) is 3.22. The highest BCUT2D eigenvalue weighted by Crippen LogP contribution is 2.44. The van der Waals surface area contributed by atoms with Crippen molar-refractivity contribution in [1.82, 2.24) is 5.32 Å². The summed E-state index contributed by atoms with van der Waals surface area (Å²) in [6.07, 6.45) is 0.552. The molecule has 2 rings (SSSR count).